The van der Waals surface area contributed by atoms with Crippen molar-refractivity contribution in [1.29, 1.82) is 0 Å². The zero-order valence-corrected chi connectivity index (χ0v) is 20.0. The van der Waals surface area contributed by atoms with Crippen LogP contribution in [0.25, 0.3) is 5.69 Å². The third-order valence-corrected chi connectivity index (χ3v) is 5.47. The van der Waals surface area contributed by atoms with Gasteiger partial charge in [0.05, 0.1) is 36.6 Å². The number of benzene rings is 2. The maximum atomic E-state index is 13.6. The van der Waals surface area contributed by atoms with Crippen molar-refractivity contribution in [2.45, 2.75) is 32.5 Å². The Morgan fingerprint density at radius 1 is 1.19 bits per heavy atom. The highest BCUT2D eigenvalue weighted by atomic mass is 19.4. The van der Waals surface area contributed by atoms with Gasteiger partial charge in [0.2, 0.25) is 0 Å². The molecule has 1 heterocycles. The van der Waals surface area contributed by atoms with E-state index in [2.05, 4.69) is 10.4 Å². The molecule has 1 unspecified atom stereocenters. The minimum absolute atomic E-state index is 0.0198. The second-order valence-electron chi connectivity index (χ2n) is 7.89. The first kappa shape index (κ1) is 27.3. The highest BCUT2D eigenvalue weighted by Crippen LogP contribution is 2.39. The summed E-state index contributed by atoms with van der Waals surface area (Å²) in [4.78, 5) is 24.5. The molecule has 0 fully saturated rings. The highest BCUT2D eigenvalue weighted by molar-refractivity contribution is 5.97. The van der Waals surface area contributed by atoms with Crippen molar-refractivity contribution in [3.05, 3.63) is 64.7 Å². The standard InChI is InChI=1S/C24H24F4N4O5/c1-4-37-18-9-13(11-30-22(33)15-10-14(25)6-8-17(15)36-3)5-7-16(18)32-21(23(34)35)19(29)20(31-32)12(2)24(26,27)28/h5-10,12H,4,11,29H2,1-3H3,(H,30,33)(H,34,35). The molecular weight excluding hydrogens is 500 g/mol. The van der Waals surface area contributed by atoms with Crippen molar-refractivity contribution < 1.29 is 41.7 Å². The summed E-state index contributed by atoms with van der Waals surface area (Å²) in [5, 5.41) is 16.1. The number of carbonyl (C=O) groups excluding carboxylic acids is 1. The molecule has 1 atom stereocenters. The highest BCUT2D eigenvalue weighted by Gasteiger charge is 2.41. The summed E-state index contributed by atoms with van der Waals surface area (Å²) in [6.45, 7) is 2.58. The number of alkyl halides is 3. The van der Waals surface area contributed by atoms with Crippen LogP contribution in [0.4, 0.5) is 23.2 Å². The number of ether oxygens (including phenoxy) is 2. The van der Waals surface area contributed by atoms with Gasteiger partial charge in [-0.2, -0.15) is 18.3 Å². The molecule has 3 rings (SSSR count). The van der Waals surface area contributed by atoms with Crippen LogP contribution >= 0.6 is 0 Å². The molecule has 0 spiro atoms. The Hall–Kier alpha value is -4.29. The van der Waals surface area contributed by atoms with Crippen LogP contribution in [0.3, 0.4) is 0 Å². The largest absolute Gasteiger partial charge is 0.496 e. The fourth-order valence-electron chi connectivity index (χ4n) is 3.55. The number of carboxylic acid groups (broad SMARTS) is 1. The molecule has 3 aromatic rings. The minimum atomic E-state index is -4.70. The lowest BCUT2D eigenvalue weighted by molar-refractivity contribution is -0.147. The zero-order valence-electron chi connectivity index (χ0n) is 20.0. The Kier molecular flexibility index (Phi) is 7.94. The number of carbonyl (C=O) groups is 2. The van der Waals surface area contributed by atoms with E-state index in [1.807, 2.05) is 0 Å². The number of halogens is 4. The third kappa shape index (κ3) is 5.76. The fourth-order valence-corrected chi connectivity index (χ4v) is 3.55. The molecule has 4 N–H and O–H groups in total. The van der Waals surface area contributed by atoms with Crippen molar-refractivity contribution in [1.82, 2.24) is 15.1 Å². The van der Waals surface area contributed by atoms with E-state index in [0.717, 1.165) is 23.7 Å². The molecule has 0 bridgehead atoms. The molecule has 37 heavy (non-hydrogen) atoms. The first-order valence-electron chi connectivity index (χ1n) is 10.9. The summed E-state index contributed by atoms with van der Waals surface area (Å²) in [7, 11) is 1.34. The number of nitrogen functional groups attached to an aromatic ring is 1. The maximum absolute atomic E-state index is 13.6. The second kappa shape index (κ2) is 10.8. The summed E-state index contributed by atoms with van der Waals surface area (Å²) < 4.78 is 65.0. The molecule has 2 aromatic carbocycles. The van der Waals surface area contributed by atoms with E-state index in [1.54, 1.807) is 6.92 Å². The van der Waals surface area contributed by atoms with E-state index >= 15 is 0 Å². The molecule has 0 radical (unpaired) electrons. The molecule has 0 aliphatic carbocycles. The Labute approximate surface area is 208 Å². The summed E-state index contributed by atoms with van der Waals surface area (Å²) in [6, 6.07) is 7.84. The van der Waals surface area contributed by atoms with Crippen molar-refractivity contribution in [2.75, 3.05) is 19.5 Å². The van der Waals surface area contributed by atoms with Gasteiger partial charge in [0.25, 0.3) is 5.91 Å². The summed E-state index contributed by atoms with van der Waals surface area (Å²) in [5.74, 6) is -4.66. The molecule has 0 saturated heterocycles. The molecule has 13 heteroatoms. The predicted molar refractivity (Wildman–Crippen MR) is 125 cm³/mol. The van der Waals surface area contributed by atoms with Crippen LogP contribution in [0.2, 0.25) is 0 Å². The minimum Gasteiger partial charge on any atom is -0.496 e. The van der Waals surface area contributed by atoms with Crippen molar-refractivity contribution in [3.8, 4) is 17.2 Å². The van der Waals surface area contributed by atoms with Gasteiger partial charge in [0.15, 0.2) is 5.69 Å². The average molecular weight is 524 g/mol. The fraction of sp³-hybridized carbons (Fsp3) is 0.292. The number of carboxylic acids is 1. The Morgan fingerprint density at radius 2 is 1.89 bits per heavy atom. The van der Waals surface area contributed by atoms with Gasteiger partial charge in [-0.05, 0) is 49.7 Å². The van der Waals surface area contributed by atoms with Crippen molar-refractivity contribution >= 4 is 17.6 Å². The Morgan fingerprint density at radius 3 is 2.49 bits per heavy atom. The lowest BCUT2D eigenvalue weighted by Gasteiger charge is -2.15. The zero-order chi connectivity index (χ0) is 27.5. The number of aromatic carboxylic acids is 1. The molecule has 0 saturated carbocycles. The lowest BCUT2D eigenvalue weighted by Crippen LogP contribution is -2.23. The van der Waals surface area contributed by atoms with Crippen molar-refractivity contribution in [3.63, 3.8) is 0 Å². The second-order valence-corrected chi connectivity index (χ2v) is 7.89. The van der Waals surface area contributed by atoms with Gasteiger partial charge in [0, 0.05) is 6.54 Å². The number of hydrogen-bond donors (Lipinski definition) is 3. The van der Waals surface area contributed by atoms with Gasteiger partial charge < -0.3 is 25.6 Å². The van der Waals surface area contributed by atoms with Crippen LogP contribution in [0.5, 0.6) is 11.5 Å². The monoisotopic (exact) mass is 524 g/mol. The van der Waals surface area contributed by atoms with Crippen LogP contribution < -0.4 is 20.5 Å². The Bertz CT molecular complexity index is 1320. The SMILES string of the molecule is CCOc1cc(CNC(=O)c2cc(F)ccc2OC)ccc1-n1nc(C(C)C(F)(F)F)c(N)c1C(=O)O. The quantitative estimate of drug-likeness (QED) is 0.356. The van der Waals surface area contributed by atoms with Gasteiger partial charge in [-0.3, -0.25) is 4.79 Å². The number of anilines is 1. The number of aromatic nitrogens is 2. The van der Waals surface area contributed by atoms with Gasteiger partial charge in [-0.1, -0.05) is 6.07 Å². The normalized spacial score (nSPS) is 12.2. The van der Waals surface area contributed by atoms with Gasteiger partial charge in [-0.25, -0.2) is 13.9 Å². The number of methoxy groups -OCH3 is 1. The van der Waals surface area contributed by atoms with Gasteiger partial charge >= 0.3 is 12.1 Å². The number of nitrogens with zero attached hydrogens (tertiary/aromatic N) is 2. The molecule has 0 aliphatic rings. The van der Waals surface area contributed by atoms with E-state index in [-0.39, 0.29) is 35.9 Å². The molecule has 0 aliphatic heterocycles. The van der Waals surface area contributed by atoms with E-state index < -0.39 is 46.9 Å². The first-order valence-corrected chi connectivity index (χ1v) is 10.9. The van der Waals surface area contributed by atoms with E-state index in [4.69, 9.17) is 15.2 Å². The molecule has 198 valence electrons. The van der Waals surface area contributed by atoms with Crippen LogP contribution in [-0.4, -0.2) is 46.7 Å². The molecular formula is C24H24F4N4O5. The van der Waals surface area contributed by atoms with Gasteiger partial charge in [0.1, 0.15) is 23.0 Å². The molecule has 1 amide bonds. The van der Waals surface area contributed by atoms with Crippen LogP contribution in [0.15, 0.2) is 36.4 Å². The average Bonchev–Trinajstić information content (AvgIpc) is 3.18. The number of hydrogen-bond acceptors (Lipinski definition) is 6. The predicted octanol–water partition coefficient (Wildman–Crippen LogP) is 4.29. The summed E-state index contributed by atoms with van der Waals surface area (Å²) >= 11 is 0. The third-order valence-electron chi connectivity index (χ3n) is 5.47. The van der Waals surface area contributed by atoms with Crippen molar-refractivity contribution in [2.24, 2.45) is 0 Å². The molecule has 9 nitrogen and oxygen atoms in total. The smallest absolute Gasteiger partial charge is 0.397 e. The summed E-state index contributed by atoms with van der Waals surface area (Å²) in [5.41, 5.74) is 4.40. The van der Waals surface area contributed by atoms with Crippen LogP contribution in [0, 0.1) is 5.82 Å². The maximum Gasteiger partial charge on any atom is 0.397 e. The number of rotatable bonds is 9. The number of amides is 1. The van der Waals surface area contributed by atoms with E-state index in [0.29, 0.717) is 5.56 Å². The van der Waals surface area contributed by atoms with Crippen LogP contribution in [-0.2, 0) is 6.54 Å². The number of nitrogens with one attached hydrogen (secondary N) is 1. The molecule has 1 aromatic heterocycles. The van der Waals surface area contributed by atoms with Crippen LogP contribution in [0.1, 0.15) is 51.9 Å². The topological polar surface area (TPSA) is 129 Å². The lowest BCUT2D eigenvalue weighted by atomic mass is 10.1. The summed E-state index contributed by atoms with van der Waals surface area (Å²) in [6.07, 6.45) is -4.70. The van der Waals surface area contributed by atoms with E-state index in [1.165, 1.54) is 31.4 Å². The first-order chi connectivity index (χ1) is 17.4. The number of nitrogens with two attached hydrogens (primary N) is 1. The van der Waals surface area contributed by atoms with Gasteiger partial charge in [-0.15, -0.1) is 0 Å². The Balaban J connectivity index is 1.97. The van der Waals surface area contributed by atoms with E-state index in [9.17, 15) is 32.3 Å².